The molecule has 1 aliphatic carbocycles. The van der Waals surface area contributed by atoms with Crippen molar-refractivity contribution in [1.29, 1.82) is 0 Å². The lowest BCUT2D eigenvalue weighted by Crippen LogP contribution is -2.53. The van der Waals surface area contributed by atoms with Crippen LogP contribution in [-0.2, 0) is 22.6 Å². The van der Waals surface area contributed by atoms with Crippen molar-refractivity contribution in [2.24, 2.45) is 0 Å². The van der Waals surface area contributed by atoms with Crippen LogP contribution < -0.4 is 5.32 Å². The Bertz CT molecular complexity index is 1370. The van der Waals surface area contributed by atoms with Crippen LogP contribution in [0.3, 0.4) is 0 Å². The van der Waals surface area contributed by atoms with Gasteiger partial charge in [-0.2, -0.15) is 0 Å². The Balaban J connectivity index is 1.50. The smallest absolute Gasteiger partial charge is 0.243 e. The average molecular weight is 563 g/mol. The molecular weight excluding hydrogens is 523 g/mol. The van der Waals surface area contributed by atoms with Gasteiger partial charge in [-0.25, -0.2) is 4.39 Å². The summed E-state index contributed by atoms with van der Waals surface area (Å²) in [5.41, 5.74) is 3.86. The van der Waals surface area contributed by atoms with Crippen LogP contribution in [0.5, 0.6) is 0 Å². The number of amides is 2. The maximum Gasteiger partial charge on any atom is 0.243 e. The van der Waals surface area contributed by atoms with Gasteiger partial charge in [-0.1, -0.05) is 122 Å². The number of halogens is 1. The summed E-state index contributed by atoms with van der Waals surface area (Å²) >= 11 is 0. The minimum atomic E-state index is -0.709. The summed E-state index contributed by atoms with van der Waals surface area (Å²) in [5, 5.41) is 3.29. The number of benzene rings is 4. The molecular formula is C37H39FN2O2. The van der Waals surface area contributed by atoms with Gasteiger partial charge < -0.3 is 10.2 Å². The van der Waals surface area contributed by atoms with E-state index in [0.717, 1.165) is 47.9 Å². The van der Waals surface area contributed by atoms with E-state index in [2.05, 4.69) is 5.32 Å². The normalized spacial score (nSPS) is 14.3. The van der Waals surface area contributed by atoms with Crippen molar-refractivity contribution in [1.82, 2.24) is 10.2 Å². The van der Waals surface area contributed by atoms with Crippen LogP contribution in [0.2, 0.25) is 0 Å². The molecule has 0 aliphatic heterocycles. The third-order valence-electron chi connectivity index (χ3n) is 8.27. The summed E-state index contributed by atoms with van der Waals surface area (Å²) in [6.07, 6.45) is 5.91. The van der Waals surface area contributed by atoms with Gasteiger partial charge in [-0.05, 0) is 47.2 Å². The Labute approximate surface area is 248 Å². The molecule has 2 amide bonds. The van der Waals surface area contributed by atoms with Gasteiger partial charge in [0.05, 0.1) is 0 Å². The fourth-order valence-electron chi connectivity index (χ4n) is 5.98. The lowest BCUT2D eigenvalue weighted by atomic mass is 9.87. The first kappa shape index (κ1) is 29.2. The third kappa shape index (κ3) is 7.94. The van der Waals surface area contributed by atoms with E-state index < -0.39 is 6.04 Å². The molecule has 0 aromatic heterocycles. The van der Waals surface area contributed by atoms with Crippen molar-refractivity contribution >= 4 is 11.8 Å². The molecule has 4 aromatic carbocycles. The van der Waals surface area contributed by atoms with E-state index in [9.17, 15) is 14.0 Å². The van der Waals surface area contributed by atoms with Crippen molar-refractivity contribution in [2.75, 3.05) is 0 Å². The summed E-state index contributed by atoms with van der Waals surface area (Å²) < 4.78 is 13.8. The third-order valence-corrected chi connectivity index (χ3v) is 8.27. The zero-order chi connectivity index (χ0) is 29.1. The van der Waals surface area contributed by atoms with Crippen LogP contribution in [0.1, 0.15) is 66.7 Å². The monoisotopic (exact) mass is 562 g/mol. The van der Waals surface area contributed by atoms with Crippen molar-refractivity contribution < 1.29 is 14.0 Å². The molecule has 4 aromatic rings. The molecule has 5 rings (SSSR count). The molecule has 1 aliphatic rings. The second kappa shape index (κ2) is 14.6. The topological polar surface area (TPSA) is 49.4 Å². The van der Waals surface area contributed by atoms with Gasteiger partial charge >= 0.3 is 0 Å². The predicted molar refractivity (Wildman–Crippen MR) is 165 cm³/mol. The highest BCUT2D eigenvalue weighted by Gasteiger charge is 2.33. The largest absolute Gasteiger partial charge is 0.352 e. The molecule has 0 radical (unpaired) electrons. The van der Waals surface area contributed by atoms with Crippen LogP contribution in [-0.4, -0.2) is 28.8 Å². The Morgan fingerprint density at radius 3 is 1.83 bits per heavy atom. The number of nitrogens with one attached hydrogen (secondary N) is 1. The first-order chi connectivity index (χ1) is 20.6. The summed E-state index contributed by atoms with van der Waals surface area (Å²) in [6, 6.07) is 35.6. The molecule has 1 N–H and O–H groups in total. The summed E-state index contributed by atoms with van der Waals surface area (Å²) in [5.74, 6) is -0.746. The standard InChI is InChI=1S/C37H39FN2O2/c38-32-23-21-29(22-24-32)27-40(36(41)26-34(30-15-7-2-8-16-30)31-17-9-3-10-18-31)35(25-28-13-5-1-6-14-28)37(42)39-33-19-11-4-12-20-33/h1-3,5-10,13-18,21-24,33-35H,4,11-12,19-20,25-27H2,(H,39,42). The molecule has 1 atom stereocenters. The van der Waals surface area contributed by atoms with Gasteiger partial charge in [-0.3, -0.25) is 9.59 Å². The van der Waals surface area contributed by atoms with E-state index in [-0.39, 0.29) is 42.6 Å². The zero-order valence-corrected chi connectivity index (χ0v) is 24.0. The van der Waals surface area contributed by atoms with E-state index in [1.807, 2.05) is 91.0 Å². The molecule has 1 unspecified atom stereocenters. The molecule has 0 heterocycles. The molecule has 1 saturated carbocycles. The number of carbonyl (C=O) groups is 2. The molecule has 42 heavy (non-hydrogen) atoms. The highest BCUT2D eigenvalue weighted by atomic mass is 19.1. The van der Waals surface area contributed by atoms with E-state index >= 15 is 0 Å². The SMILES string of the molecule is O=C(NC1CCCCC1)C(Cc1ccccc1)N(Cc1ccc(F)cc1)C(=O)CC(c1ccccc1)c1ccccc1. The number of carbonyl (C=O) groups excluding carboxylic acids is 2. The van der Waals surface area contributed by atoms with Crippen LogP contribution in [0.4, 0.5) is 4.39 Å². The molecule has 0 bridgehead atoms. The van der Waals surface area contributed by atoms with Crippen molar-refractivity contribution in [3.05, 3.63) is 143 Å². The highest BCUT2D eigenvalue weighted by molar-refractivity contribution is 5.88. The Kier molecular flexibility index (Phi) is 10.2. The van der Waals surface area contributed by atoms with Crippen molar-refractivity contribution in [2.45, 2.75) is 69.5 Å². The molecule has 1 fully saturated rings. The minimum absolute atomic E-state index is 0.114. The summed E-state index contributed by atoms with van der Waals surface area (Å²) in [6.45, 7) is 0.213. The molecule has 216 valence electrons. The van der Waals surface area contributed by atoms with E-state index in [4.69, 9.17) is 0 Å². The van der Waals surface area contributed by atoms with Crippen LogP contribution >= 0.6 is 0 Å². The van der Waals surface area contributed by atoms with E-state index in [0.29, 0.717) is 6.42 Å². The lowest BCUT2D eigenvalue weighted by molar-refractivity contribution is -0.141. The molecule has 0 spiro atoms. The second-order valence-electron chi connectivity index (χ2n) is 11.3. The fourth-order valence-corrected chi connectivity index (χ4v) is 5.98. The highest BCUT2D eigenvalue weighted by Crippen LogP contribution is 2.30. The number of hydrogen-bond acceptors (Lipinski definition) is 2. The number of hydrogen-bond donors (Lipinski definition) is 1. The quantitative estimate of drug-likeness (QED) is 0.207. The Morgan fingerprint density at radius 2 is 1.26 bits per heavy atom. The zero-order valence-electron chi connectivity index (χ0n) is 24.0. The first-order valence-corrected chi connectivity index (χ1v) is 15.0. The van der Waals surface area contributed by atoms with E-state index in [1.54, 1.807) is 17.0 Å². The molecule has 4 nitrogen and oxygen atoms in total. The number of nitrogens with zero attached hydrogens (tertiary/aromatic N) is 1. The van der Waals surface area contributed by atoms with Gasteiger partial charge in [0.1, 0.15) is 11.9 Å². The summed E-state index contributed by atoms with van der Waals surface area (Å²) in [4.78, 5) is 30.3. The first-order valence-electron chi connectivity index (χ1n) is 15.0. The van der Waals surface area contributed by atoms with Gasteiger partial charge in [0.15, 0.2) is 0 Å². The number of rotatable bonds is 11. The predicted octanol–water partition coefficient (Wildman–Crippen LogP) is 7.44. The maximum absolute atomic E-state index is 14.5. The van der Waals surface area contributed by atoms with Crippen LogP contribution in [0.15, 0.2) is 115 Å². The van der Waals surface area contributed by atoms with Crippen LogP contribution in [0.25, 0.3) is 0 Å². The summed E-state index contributed by atoms with van der Waals surface area (Å²) in [7, 11) is 0. The Hall–Kier alpha value is -4.25. The van der Waals surface area contributed by atoms with Gasteiger partial charge in [0.2, 0.25) is 11.8 Å². The van der Waals surface area contributed by atoms with Crippen molar-refractivity contribution in [3.8, 4) is 0 Å². The maximum atomic E-state index is 14.5. The van der Waals surface area contributed by atoms with Crippen LogP contribution in [0, 0.1) is 5.82 Å². The fraction of sp³-hybridized carbons (Fsp3) is 0.297. The Morgan fingerprint density at radius 1 is 0.714 bits per heavy atom. The average Bonchev–Trinajstić information content (AvgIpc) is 3.04. The van der Waals surface area contributed by atoms with Gasteiger partial charge in [0, 0.05) is 31.3 Å². The van der Waals surface area contributed by atoms with Gasteiger partial charge in [-0.15, -0.1) is 0 Å². The van der Waals surface area contributed by atoms with E-state index in [1.165, 1.54) is 18.6 Å². The second-order valence-corrected chi connectivity index (χ2v) is 11.3. The lowest BCUT2D eigenvalue weighted by Gasteiger charge is -2.34. The molecule has 0 saturated heterocycles. The van der Waals surface area contributed by atoms with Crippen molar-refractivity contribution in [3.63, 3.8) is 0 Å². The van der Waals surface area contributed by atoms with Gasteiger partial charge in [0.25, 0.3) is 0 Å². The molecule has 5 heteroatoms. The minimum Gasteiger partial charge on any atom is -0.352 e.